The Bertz CT molecular complexity index is 442. The summed E-state index contributed by atoms with van der Waals surface area (Å²) in [5.74, 6) is 1.07. The van der Waals surface area contributed by atoms with Crippen LogP contribution in [-0.2, 0) is 4.79 Å². The van der Waals surface area contributed by atoms with Crippen molar-refractivity contribution in [1.82, 2.24) is 16.0 Å². The van der Waals surface area contributed by atoms with Gasteiger partial charge < -0.3 is 21.1 Å². The number of hydrogen-bond donors (Lipinski definition) is 4. The number of thioether (sulfide) groups is 1. The number of carbonyl (C=O) groups is 2. The Balaban J connectivity index is 1.27. The molecule has 0 radical (unpaired) electrons. The average molecular weight is 327 g/mol. The van der Waals surface area contributed by atoms with Crippen LogP contribution in [0.5, 0.6) is 0 Å². The van der Waals surface area contributed by atoms with Crippen LogP contribution < -0.4 is 16.0 Å². The van der Waals surface area contributed by atoms with E-state index in [0.717, 1.165) is 37.9 Å². The van der Waals surface area contributed by atoms with Crippen LogP contribution in [0.3, 0.4) is 0 Å². The van der Waals surface area contributed by atoms with Crippen LogP contribution in [0.1, 0.15) is 38.5 Å². The van der Waals surface area contributed by atoms with E-state index in [1.165, 1.54) is 0 Å². The van der Waals surface area contributed by atoms with E-state index >= 15 is 0 Å². The van der Waals surface area contributed by atoms with E-state index in [1.807, 2.05) is 11.8 Å². The molecule has 0 bridgehead atoms. The first-order valence-electron chi connectivity index (χ1n) is 8.18. The standard InChI is InChI=1S/C15H25N3O3S/c19-9-15(5-6-15)8-16-12(20)4-2-1-3-11-13-10(7-22-11)17-14(21)18-13/h10-11,13,19H,1-9H2,(H,16,20)(H2,17,18,21)/t10-,11-,13-/m0/s1. The molecule has 3 rings (SSSR count). The van der Waals surface area contributed by atoms with Crippen molar-refractivity contribution in [3.63, 3.8) is 0 Å². The molecular weight excluding hydrogens is 302 g/mol. The summed E-state index contributed by atoms with van der Waals surface area (Å²) >= 11 is 1.91. The molecule has 3 amide bonds. The number of urea groups is 1. The van der Waals surface area contributed by atoms with Gasteiger partial charge in [-0.25, -0.2) is 4.79 Å². The fourth-order valence-corrected chi connectivity index (χ4v) is 4.76. The number of nitrogens with one attached hydrogen (secondary N) is 3. The summed E-state index contributed by atoms with van der Waals surface area (Å²) < 4.78 is 0. The highest BCUT2D eigenvalue weighted by molar-refractivity contribution is 8.00. The smallest absolute Gasteiger partial charge is 0.315 e. The number of carbonyl (C=O) groups excluding carboxylic acids is 2. The number of unbranched alkanes of at least 4 members (excludes halogenated alkanes) is 1. The molecule has 3 atom stereocenters. The second-order valence-electron chi connectivity index (χ2n) is 6.80. The highest BCUT2D eigenvalue weighted by Crippen LogP contribution is 2.44. The van der Waals surface area contributed by atoms with Crippen LogP contribution in [0, 0.1) is 5.41 Å². The van der Waals surface area contributed by atoms with E-state index in [1.54, 1.807) is 0 Å². The van der Waals surface area contributed by atoms with Gasteiger partial charge in [-0.1, -0.05) is 6.42 Å². The first-order valence-corrected chi connectivity index (χ1v) is 9.23. The van der Waals surface area contributed by atoms with E-state index in [2.05, 4.69) is 16.0 Å². The third-order valence-corrected chi connectivity index (χ3v) is 6.54. The van der Waals surface area contributed by atoms with Crippen molar-refractivity contribution >= 4 is 23.7 Å². The SMILES string of the molecule is O=C(CCCC[C@@H]1SC[C@@H]2NC(=O)N[C@@H]21)NCC1(CO)CC1. The van der Waals surface area contributed by atoms with Crippen molar-refractivity contribution in [2.75, 3.05) is 18.9 Å². The van der Waals surface area contributed by atoms with E-state index in [0.29, 0.717) is 18.2 Å². The Morgan fingerprint density at radius 2 is 2.18 bits per heavy atom. The van der Waals surface area contributed by atoms with Gasteiger partial charge in [0.1, 0.15) is 0 Å². The quantitative estimate of drug-likeness (QED) is 0.388. The van der Waals surface area contributed by atoms with Crippen molar-refractivity contribution < 1.29 is 14.7 Å². The van der Waals surface area contributed by atoms with Gasteiger partial charge in [-0.3, -0.25) is 4.79 Å². The third-order valence-electron chi connectivity index (χ3n) is 5.03. The summed E-state index contributed by atoms with van der Waals surface area (Å²) in [4.78, 5) is 23.1. The van der Waals surface area contributed by atoms with Crippen LogP contribution in [0.4, 0.5) is 4.79 Å². The van der Waals surface area contributed by atoms with Gasteiger partial charge in [0.25, 0.3) is 0 Å². The van der Waals surface area contributed by atoms with Gasteiger partial charge in [-0.2, -0.15) is 11.8 Å². The van der Waals surface area contributed by atoms with Gasteiger partial charge >= 0.3 is 6.03 Å². The van der Waals surface area contributed by atoms with Gasteiger partial charge in [0.05, 0.1) is 18.7 Å². The molecule has 2 saturated heterocycles. The minimum absolute atomic E-state index is 0.0150. The lowest BCUT2D eigenvalue weighted by Gasteiger charge is -2.16. The fourth-order valence-electron chi connectivity index (χ4n) is 3.22. The van der Waals surface area contributed by atoms with Gasteiger partial charge in [0.15, 0.2) is 0 Å². The molecule has 1 saturated carbocycles. The molecule has 6 nitrogen and oxygen atoms in total. The Morgan fingerprint density at radius 1 is 1.36 bits per heavy atom. The first-order chi connectivity index (χ1) is 10.6. The van der Waals surface area contributed by atoms with E-state index in [9.17, 15) is 14.7 Å². The molecule has 0 aromatic rings. The van der Waals surface area contributed by atoms with E-state index < -0.39 is 0 Å². The average Bonchev–Trinajstić information content (AvgIpc) is 3.07. The number of fused-ring (bicyclic) bond motifs is 1. The highest BCUT2D eigenvalue weighted by Gasteiger charge is 2.43. The summed E-state index contributed by atoms with van der Waals surface area (Å²) in [6.45, 7) is 0.788. The highest BCUT2D eigenvalue weighted by atomic mass is 32.2. The maximum absolute atomic E-state index is 11.8. The fraction of sp³-hybridized carbons (Fsp3) is 0.867. The van der Waals surface area contributed by atoms with Crippen LogP contribution in [0.25, 0.3) is 0 Å². The zero-order chi connectivity index (χ0) is 15.6. The van der Waals surface area contributed by atoms with Gasteiger partial charge in [0, 0.05) is 29.4 Å². The lowest BCUT2D eigenvalue weighted by molar-refractivity contribution is -0.121. The molecule has 0 unspecified atom stereocenters. The first kappa shape index (κ1) is 15.9. The van der Waals surface area contributed by atoms with Crippen molar-refractivity contribution in [3.05, 3.63) is 0 Å². The maximum atomic E-state index is 11.8. The molecule has 1 aliphatic carbocycles. The molecule has 2 heterocycles. The summed E-state index contributed by atoms with van der Waals surface area (Å²) in [6.07, 6.45) is 5.53. The maximum Gasteiger partial charge on any atom is 0.315 e. The number of aliphatic hydroxyl groups is 1. The molecule has 124 valence electrons. The lowest BCUT2D eigenvalue weighted by Crippen LogP contribution is -2.36. The van der Waals surface area contributed by atoms with E-state index in [4.69, 9.17) is 0 Å². The van der Waals surface area contributed by atoms with Gasteiger partial charge in [-0.15, -0.1) is 0 Å². The molecule has 3 fully saturated rings. The Morgan fingerprint density at radius 3 is 2.91 bits per heavy atom. The molecule has 22 heavy (non-hydrogen) atoms. The Kier molecular flexibility index (Phi) is 4.82. The van der Waals surface area contributed by atoms with Crippen molar-refractivity contribution in [1.29, 1.82) is 0 Å². The normalized spacial score (nSPS) is 31.3. The summed E-state index contributed by atoms with van der Waals surface area (Å²) in [5.41, 5.74) is -0.0150. The van der Waals surface area contributed by atoms with Crippen molar-refractivity contribution in [2.45, 2.75) is 55.9 Å². The van der Waals surface area contributed by atoms with Crippen LogP contribution in [-0.4, -0.2) is 53.3 Å². The molecule has 7 heteroatoms. The Hall–Kier alpha value is -0.950. The molecule has 3 aliphatic rings. The summed E-state index contributed by atoms with van der Waals surface area (Å²) in [7, 11) is 0. The third kappa shape index (κ3) is 3.68. The predicted octanol–water partition coefficient (Wildman–Crippen LogP) is 0.601. The number of rotatable bonds is 8. The number of amides is 3. The summed E-state index contributed by atoms with van der Waals surface area (Å²) in [5, 5.41) is 18.5. The van der Waals surface area contributed by atoms with Crippen molar-refractivity contribution in [3.8, 4) is 0 Å². The van der Waals surface area contributed by atoms with Crippen molar-refractivity contribution in [2.24, 2.45) is 5.41 Å². The minimum Gasteiger partial charge on any atom is -0.396 e. The van der Waals surface area contributed by atoms with Crippen LogP contribution in [0.15, 0.2) is 0 Å². The number of hydrogen-bond acceptors (Lipinski definition) is 4. The molecular formula is C15H25N3O3S. The monoisotopic (exact) mass is 327 g/mol. The molecule has 2 aliphatic heterocycles. The van der Waals surface area contributed by atoms with Gasteiger partial charge in [0.2, 0.25) is 5.91 Å². The second-order valence-corrected chi connectivity index (χ2v) is 8.07. The predicted molar refractivity (Wildman–Crippen MR) is 85.7 cm³/mol. The largest absolute Gasteiger partial charge is 0.396 e. The van der Waals surface area contributed by atoms with E-state index in [-0.39, 0.29) is 36.0 Å². The van der Waals surface area contributed by atoms with Gasteiger partial charge in [-0.05, 0) is 25.7 Å². The molecule has 0 aromatic heterocycles. The Labute approximate surface area is 135 Å². The lowest BCUT2D eigenvalue weighted by atomic mass is 10.0. The summed E-state index contributed by atoms with van der Waals surface area (Å²) in [6, 6.07) is 0.488. The topological polar surface area (TPSA) is 90.5 Å². The van der Waals surface area contributed by atoms with Crippen LogP contribution >= 0.6 is 11.8 Å². The van der Waals surface area contributed by atoms with Crippen LogP contribution in [0.2, 0.25) is 0 Å². The molecule has 0 spiro atoms. The molecule has 0 aromatic carbocycles. The minimum atomic E-state index is -0.0439. The second kappa shape index (κ2) is 6.66. The number of aliphatic hydroxyl groups excluding tert-OH is 1. The molecule has 4 N–H and O–H groups in total. The zero-order valence-corrected chi connectivity index (χ0v) is 13.6. The zero-order valence-electron chi connectivity index (χ0n) is 12.8.